The molecule has 1 saturated heterocycles. The van der Waals surface area contributed by atoms with E-state index in [4.69, 9.17) is 11.6 Å². The maximum atomic E-state index is 11.3. The van der Waals surface area contributed by atoms with Gasteiger partial charge in [-0.3, -0.25) is 0 Å². The van der Waals surface area contributed by atoms with Crippen LogP contribution in [0, 0.1) is 0 Å². The molecule has 0 radical (unpaired) electrons. The molecular weight excluding hydrogens is 318 g/mol. The van der Waals surface area contributed by atoms with Crippen LogP contribution in [0.4, 0.5) is 5.82 Å². The second-order valence-electron chi connectivity index (χ2n) is 3.45. The highest BCUT2D eigenvalue weighted by Gasteiger charge is 2.24. The lowest BCUT2D eigenvalue weighted by Crippen LogP contribution is -2.40. The first-order valence-corrected chi connectivity index (χ1v) is 7.60. The van der Waals surface area contributed by atoms with E-state index in [1.54, 1.807) is 6.20 Å². The van der Waals surface area contributed by atoms with Gasteiger partial charge < -0.3 is 4.90 Å². The van der Waals surface area contributed by atoms with Crippen molar-refractivity contribution in [3.05, 3.63) is 16.0 Å². The van der Waals surface area contributed by atoms with Crippen molar-refractivity contribution >= 4 is 43.2 Å². The van der Waals surface area contributed by atoms with Crippen LogP contribution in [-0.4, -0.2) is 43.0 Å². The van der Waals surface area contributed by atoms with Gasteiger partial charge in [-0.2, -0.15) is 4.98 Å². The standard InChI is InChI=1S/C8H9BrClN3O2S/c9-6-5-11-8(10)12-7(6)13-1-3-16(14,15)4-2-13/h5H,1-4H2. The smallest absolute Gasteiger partial charge is 0.224 e. The molecule has 0 atom stereocenters. The molecule has 1 aliphatic rings. The van der Waals surface area contributed by atoms with Gasteiger partial charge in [0.2, 0.25) is 5.28 Å². The Morgan fingerprint density at radius 1 is 1.38 bits per heavy atom. The van der Waals surface area contributed by atoms with Crippen LogP contribution in [-0.2, 0) is 9.84 Å². The summed E-state index contributed by atoms with van der Waals surface area (Å²) < 4.78 is 23.3. The summed E-state index contributed by atoms with van der Waals surface area (Å²) in [6.45, 7) is 0.878. The molecule has 0 N–H and O–H groups in total. The van der Waals surface area contributed by atoms with E-state index in [9.17, 15) is 8.42 Å². The second kappa shape index (κ2) is 4.46. The van der Waals surface area contributed by atoms with Crippen molar-refractivity contribution in [1.82, 2.24) is 9.97 Å². The third-order valence-corrected chi connectivity index (χ3v) is 4.69. The third kappa shape index (κ3) is 2.64. The minimum Gasteiger partial charge on any atom is -0.353 e. The minimum absolute atomic E-state index is 0.154. The molecule has 0 aromatic carbocycles. The van der Waals surface area contributed by atoms with E-state index in [0.717, 1.165) is 4.47 Å². The van der Waals surface area contributed by atoms with Crippen LogP contribution in [0.1, 0.15) is 0 Å². The zero-order chi connectivity index (χ0) is 11.8. The number of anilines is 1. The van der Waals surface area contributed by atoms with Gasteiger partial charge in [-0.25, -0.2) is 13.4 Å². The summed E-state index contributed by atoms with van der Waals surface area (Å²) in [5.74, 6) is 0.956. The van der Waals surface area contributed by atoms with Gasteiger partial charge in [0.15, 0.2) is 9.84 Å². The molecule has 5 nitrogen and oxygen atoms in total. The lowest BCUT2D eigenvalue weighted by Gasteiger charge is -2.28. The minimum atomic E-state index is -2.88. The highest BCUT2D eigenvalue weighted by atomic mass is 79.9. The molecule has 8 heteroatoms. The molecule has 0 bridgehead atoms. The summed E-state index contributed by atoms with van der Waals surface area (Å²) in [6.07, 6.45) is 1.56. The van der Waals surface area contributed by atoms with Crippen molar-refractivity contribution in [1.29, 1.82) is 0 Å². The molecular formula is C8H9BrClN3O2S. The molecule has 0 aliphatic carbocycles. The molecule has 2 heterocycles. The number of rotatable bonds is 1. The van der Waals surface area contributed by atoms with Gasteiger partial charge in [0.05, 0.1) is 16.0 Å². The second-order valence-corrected chi connectivity index (χ2v) is 6.95. The van der Waals surface area contributed by atoms with Crippen LogP contribution in [0.15, 0.2) is 10.7 Å². The Kier molecular flexibility index (Phi) is 3.37. The number of aromatic nitrogens is 2. The number of hydrogen-bond acceptors (Lipinski definition) is 5. The van der Waals surface area contributed by atoms with E-state index in [-0.39, 0.29) is 16.8 Å². The lowest BCUT2D eigenvalue weighted by molar-refractivity contribution is 0.586. The molecule has 1 aromatic heterocycles. The van der Waals surface area contributed by atoms with E-state index in [1.807, 2.05) is 4.90 Å². The average Bonchev–Trinajstić information content (AvgIpc) is 2.22. The molecule has 0 amide bonds. The predicted octanol–water partition coefficient (Wildman–Crippen LogP) is 1.13. The molecule has 1 aromatic rings. The van der Waals surface area contributed by atoms with E-state index < -0.39 is 9.84 Å². The Hall–Kier alpha value is -0.400. The zero-order valence-corrected chi connectivity index (χ0v) is 11.4. The lowest BCUT2D eigenvalue weighted by atomic mass is 10.4. The monoisotopic (exact) mass is 325 g/mol. The van der Waals surface area contributed by atoms with Crippen LogP contribution in [0.2, 0.25) is 5.28 Å². The summed E-state index contributed by atoms with van der Waals surface area (Å²) in [5, 5.41) is 0.159. The summed E-state index contributed by atoms with van der Waals surface area (Å²) in [7, 11) is -2.88. The summed E-state index contributed by atoms with van der Waals surface area (Å²) in [5.41, 5.74) is 0. The number of sulfone groups is 1. The van der Waals surface area contributed by atoms with E-state index >= 15 is 0 Å². The fourth-order valence-electron chi connectivity index (χ4n) is 1.48. The summed E-state index contributed by atoms with van der Waals surface area (Å²) in [4.78, 5) is 9.80. The van der Waals surface area contributed by atoms with E-state index in [1.165, 1.54) is 0 Å². The molecule has 16 heavy (non-hydrogen) atoms. The van der Waals surface area contributed by atoms with Gasteiger partial charge in [-0.05, 0) is 27.5 Å². The maximum Gasteiger partial charge on any atom is 0.224 e. The Balaban J connectivity index is 2.23. The number of nitrogens with zero attached hydrogens (tertiary/aromatic N) is 3. The van der Waals surface area contributed by atoms with Crippen LogP contribution in [0.3, 0.4) is 0 Å². The Morgan fingerprint density at radius 2 is 2.00 bits per heavy atom. The third-order valence-electron chi connectivity index (χ3n) is 2.34. The largest absolute Gasteiger partial charge is 0.353 e. The molecule has 0 saturated carbocycles. The highest BCUT2D eigenvalue weighted by Crippen LogP contribution is 2.25. The normalized spacial score (nSPS) is 19.8. The average molecular weight is 327 g/mol. The predicted molar refractivity (Wildman–Crippen MR) is 65.6 cm³/mol. The van der Waals surface area contributed by atoms with Crippen LogP contribution >= 0.6 is 27.5 Å². The van der Waals surface area contributed by atoms with Gasteiger partial charge in [-0.1, -0.05) is 0 Å². The van der Waals surface area contributed by atoms with Gasteiger partial charge in [-0.15, -0.1) is 0 Å². The zero-order valence-electron chi connectivity index (χ0n) is 8.23. The van der Waals surface area contributed by atoms with Crippen molar-refractivity contribution in [2.45, 2.75) is 0 Å². The molecule has 1 fully saturated rings. The van der Waals surface area contributed by atoms with Gasteiger partial charge in [0.1, 0.15) is 5.82 Å². The molecule has 88 valence electrons. The Labute approximate surface area is 107 Å². The number of halogens is 2. The van der Waals surface area contributed by atoms with Gasteiger partial charge in [0, 0.05) is 19.3 Å². The Bertz CT molecular complexity index is 494. The van der Waals surface area contributed by atoms with Crippen LogP contribution < -0.4 is 4.90 Å². The van der Waals surface area contributed by atoms with Gasteiger partial charge in [0.25, 0.3) is 0 Å². The first-order chi connectivity index (χ1) is 7.48. The SMILES string of the molecule is O=S1(=O)CCN(c2nc(Cl)ncc2Br)CC1. The molecule has 0 unspecified atom stereocenters. The van der Waals surface area contributed by atoms with E-state index in [0.29, 0.717) is 18.9 Å². The fourth-order valence-corrected chi connectivity index (χ4v) is 3.26. The van der Waals surface area contributed by atoms with Crippen molar-refractivity contribution in [2.24, 2.45) is 0 Å². The molecule has 2 rings (SSSR count). The fraction of sp³-hybridized carbons (Fsp3) is 0.500. The molecule has 0 spiro atoms. The van der Waals surface area contributed by atoms with Crippen molar-refractivity contribution in [2.75, 3.05) is 29.5 Å². The maximum absolute atomic E-state index is 11.3. The van der Waals surface area contributed by atoms with Crippen LogP contribution in [0.25, 0.3) is 0 Å². The Morgan fingerprint density at radius 3 is 2.62 bits per heavy atom. The first-order valence-electron chi connectivity index (χ1n) is 4.61. The first kappa shape index (κ1) is 12.1. The number of hydrogen-bond donors (Lipinski definition) is 0. The van der Waals surface area contributed by atoms with E-state index in [2.05, 4.69) is 25.9 Å². The molecule has 1 aliphatic heterocycles. The topological polar surface area (TPSA) is 63.2 Å². The van der Waals surface area contributed by atoms with Crippen molar-refractivity contribution in [3.8, 4) is 0 Å². The van der Waals surface area contributed by atoms with Gasteiger partial charge >= 0.3 is 0 Å². The van der Waals surface area contributed by atoms with Crippen molar-refractivity contribution in [3.63, 3.8) is 0 Å². The summed E-state index contributed by atoms with van der Waals surface area (Å²) in [6, 6.07) is 0. The highest BCUT2D eigenvalue weighted by molar-refractivity contribution is 9.10. The van der Waals surface area contributed by atoms with Crippen molar-refractivity contribution < 1.29 is 8.42 Å². The quantitative estimate of drug-likeness (QED) is 0.724. The van der Waals surface area contributed by atoms with Crippen LogP contribution in [0.5, 0.6) is 0 Å². The summed E-state index contributed by atoms with van der Waals surface area (Å²) >= 11 is 9.02.